The summed E-state index contributed by atoms with van der Waals surface area (Å²) in [5, 5.41) is 6.54. The second-order valence-corrected chi connectivity index (χ2v) is 13.9. The van der Waals surface area contributed by atoms with Gasteiger partial charge in [-0.3, -0.25) is 9.59 Å². The Labute approximate surface area is 328 Å². The second kappa shape index (κ2) is 14.3. The third kappa shape index (κ3) is 6.19. The van der Waals surface area contributed by atoms with Gasteiger partial charge >= 0.3 is 29.0 Å². The second-order valence-electron chi connectivity index (χ2n) is 13.9. The van der Waals surface area contributed by atoms with Crippen molar-refractivity contribution in [2.75, 3.05) is 14.2 Å². The fourth-order valence-corrected chi connectivity index (χ4v) is 8.03. The molecule has 55 heavy (non-hydrogen) atoms. The summed E-state index contributed by atoms with van der Waals surface area (Å²) in [6.07, 6.45) is 1.30. The molecule has 0 saturated heterocycles. The summed E-state index contributed by atoms with van der Waals surface area (Å²) in [7, 11) is 2.81. The summed E-state index contributed by atoms with van der Waals surface area (Å²) in [6, 6.07) is 33.5. The number of fused-ring (bicyclic) bond motifs is 18. The predicted octanol–water partition coefficient (Wildman–Crippen LogP) is 9.66. The van der Waals surface area contributed by atoms with Crippen molar-refractivity contribution in [3.63, 3.8) is 0 Å². The number of esters is 2. The summed E-state index contributed by atoms with van der Waals surface area (Å²) < 4.78 is 10.0. The van der Waals surface area contributed by atoms with Crippen LogP contribution in [0, 0.1) is 6.92 Å². The fourth-order valence-electron chi connectivity index (χ4n) is 8.03. The molecule has 9 rings (SSSR count). The van der Waals surface area contributed by atoms with Crippen LogP contribution in [0.2, 0.25) is 0 Å². The number of benzene rings is 4. The molecule has 5 heterocycles. The van der Waals surface area contributed by atoms with E-state index in [9.17, 15) is 9.59 Å². The van der Waals surface area contributed by atoms with E-state index in [0.717, 1.165) is 111 Å². The van der Waals surface area contributed by atoms with E-state index in [4.69, 9.17) is 29.4 Å². The molecule has 0 spiro atoms. The van der Waals surface area contributed by atoms with Crippen molar-refractivity contribution in [2.24, 2.45) is 0 Å². The molecule has 0 atom stereocenters. The maximum absolute atomic E-state index is 12.4. The molecule has 2 aliphatic heterocycles. The molecule has 0 amide bonds. The van der Waals surface area contributed by atoms with Gasteiger partial charge in [-0.15, -0.1) is 22.1 Å². The Morgan fingerprint density at radius 3 is 1.96 bits per heavy atom. The number of aryl methyl sites for hydroxylation is 2. The number of hydrogen-bond donors (Lipinski definition) is 0. The third-order valence-electron chi connectivity index (χ3n) is 10.9. The smallest absolute Gasteiger partial charge is 0.657 e. The standard InChI is InChI=1S/C46H36N4O4.Cu/c1-25-29(17-19-43(51)53-3)37-23-38-30(18-20-44(52)54-4)26(2)36(48-38)22-41-45-31-11-7-5-9-27(31)14-16-34(45)40(50-41)24-42-46-32-12-8-6-10-28(32)13-15-33(46)39(49-42)21-35(25)47-37;/h5-16,21-24H,17-20H2,1-4H3;/q-2;+2. The Bertz CT molecular complexity index is 2940. The molecule has 3 aromatic heterocycles. The molecule has 8 bridgehead atoms. The van der Waals surface area contributed by atoms with Gasteiger partial charge in [0.1, 0.15) is 0 Å². The number of ether oxygens (including phenoxy) is 2. The van der Waals surface area contributed by atoms with Gasteiger partial charge in [0, 0.05) is 24.0 Å². The molecule has 275 valence electrons. The minimum absolute atomic E-state index is 0. The summed E-state index contributed by atoms with van der Waals surface area (Å²) in [6.45, 7) is 4.08. The van der Waals surface area contributed by atoms with E-state index in [0.29, 0.717) is 12.8 Å². The molecule has 0 aliphatic carbocycles. The summed E-state index contributed by atoms with van der Waals surface area (Å²) in [5.74, 6) is -0.583. The number of aromatic nitrogens is 4. The van der Waals surface area contributed by atoms with Gasteiger partial charge in [0.05, 0.1) is 37.0 Å². The first-order chi connectivity index (χ1) is 26.3. The average Bonchev–Trinajstić information content (AvgIpc) is 3.90. The van der Waals surface area contributed by atoms with Crippen molar-refractivity contribution in [3.8, 4) is 22.5 Å². The zero-order valence-electron chi connectivity index (χ0n) is 30.8. The van der Waals surface area contributed by atoms with Crippen LogP contribution < -0.4 is 9.97 Å². The van der Waals surface area contributed by atoms with E-state index < -0.39 is 0 Å². The SMILES string of the molecule is COC(=O)CCC1=C(C)c2cc3[n-]c(cc4nc(cc5[n-]c(cc1n2)c(CCC(=O)OC)c5C)-c1c-4ccc2ccccc12)c1c2ccccc2ccc31.[Cu+2]. The van der Waals surface area contributed by atoms with E-state index >= 15 is 0 Å². The molecule has 0 saturated carbocycles. The maximum atomic E-state index is 12.4. The normalized spacial score (nSPS) is 12.2. The van der Waals surface area contributed by atoms with Gasteiger partial charge in [-0.25, -0.2) is 9.97 Å². The Hall–Kier alpha value is -6.02. The number of methoxy groups -OCH3 is 2. The summed E-state index contributed by atoms with van der Waals surface area (Å²) in [4.78, 5) is 45.8. The van der Waals surface area contributed by atoms with E-state index in [1.807, 2.05) is 32.0 Å². The van der Waals surface area contributed by atoms with Crippen LogP contribution >= 0.6 is 0 Å². The fraction of sp³-hybridized carbons (Fsp3) is 0.174. The first-order valence-corrected chi connectivity index (χ1v) is 18.1. The van der Waals surface area contributed by atoms with Crippen molar-refractivity contribution >= 4 is 77.5 Å². The van der Waals surface area contributed by atoms with E-state index in [2.05, 4.69) is 78.9 Å². The number of nitrogens with zero attached hydrogens (tertiary/aromatic N) is 4. The maximum Gasteiger partial charge on any atom is 2.00 e. The van der Waals surface area contributed by atoms with E-state index in [-0.39, 0.29) is 41.8 Å². The minimum atomic E-state index is -0.292. The van der Waals surface area contributed by atoms with Gasteiger partial charge in [-0.1, -0.05) is 102 Å². The molecule has 0 fully saturated rings. The number of hydrogen-bond acceptors (Lipinski definition) is 6. The summed E-state index contributed by atoms with van der Waals surface area (Å²) in [5.41, 5.74) is 12.1. The molecule has 0 unspecified atom stereocenters. The molecule has 8 nitrogen and oxygen atoms in total. The molecular formula is C46H36CuN4O4. The van der Waals surface area contributed by atoms with Crippen molar-refractivity contribution in [3.05, 3.63) is 120 Å². The Balaban J connectivity index is 0.00000427. The Kier molecular flexibility index (Phi) is 9.37. The number of carbonyl (C=O) groups is 2. The van der Waals surface area contributed by atoms with Crippen molar-refractivity contribution in [2.45, 2.75) is 39.5 Å². The number of rotatable bonds is 6. The Morgan fingerprint density at radius 2 is 1.20 bits per heavy atom. The quantitative estimate of drug-likeness (QED) is 0.122. The number of allylic oxidation sites excluding steroid dienone is 2. The van der Waals surface area contributed by atoms with Crippen LogP contribution in [-0.2, 0) is 42.6 Å². The first-order valence-electron chi connectivity index (χ1n) is 18.1. The van der Waals surface area contributed by atoms with Crippen LogP contribution in [0.15, 0.2) is 97.1 Å². The van der Waals surface area contributed by atoms with Gasteiger partial charge in [0.2, 0.25) is 0 Å². The zero-order valence-corrected chi connectivity index (χ0v) is 31.7. The molecule has 2 aliphatic rings. The first kappa shape index (κ1) is 36.0. The van der Waals surface area contributed by atoms with E-state index in [1.54, 1.807) is 0 Å². The largest absolute Gasteiger partial charge is 2.00 e. The topological polar surface area (TPSA) is 107 Å². The van der Waals surface area contributed by atoms with Crippen LogP contribution in [0.1, 0.15) is 48.7 Å². The van der Waals surface area contributed by atoms with Gasteiger partial charge in [-0.05, 0) is 76.2 Å². The van der Waals surface area contributed by atoms with Gasteiger partial charge in [0.15, 0.2) is 0 Å². The third-order valence-corrected chi connectivity index (χ3v) is 10.9. The molecule has 4 aromatic carbocycles. The van der Waals surface area contributed by atoms with Gasteiger partial charge < -0.3 is 19.4 Å². The van der Waals surface area contributed by atoms with Crippen molar-refractivity contribution in [1.29, 1.82) is 0 Å². The minimum Gasteiger partial charge on any atom is -0.657 e. The zero-order chi connectivity index (χ0) is 37.1. The molecule has 1 radical (unpaired) electrons. The monoisotopic (exact) mass is 771 g/mol. The van der Waals surface area contributed by atoms with Crippen molar-refractivity contribution in [1.82, 2.24) is 19.9 Å². The molecule has 9 heteroatoms. The average molecular weight is 772 g/mol. The molecular weight excluding hydrogens is 736 g/mol. The van der Waals surface area contributed by atoms with E-state index in [1.165, 1.54) is 14.2 Å². The predicted molar refractivity (Wildman–Crippen MR) is 215 cm³/mol. The molecule has 7 aromatic rings. The van der Waals surface area contributed by atoms with Crippen LogP contribution in [0.3, 0.4) is 0 Å². The van der Waals surface area contributed by atoms with Gasteiger partial charge in [-0.2, -0.15) is 0 Å². The summed E-state index contributed by atoms with van der Waals surface area (Å²) >= 11 is 0. The van der Waals surface area contributed by atoms with Gasteiger partial charge in [0.25, 0.3) is 0 Å². The number of carbonyl (C=O) groups excluding carboxylic acids is 2. The van der Waals surface area contributed by atoms with Crippen LogP contribution in [0.5, 0.6) is 0 Å². The van der Waals surface area contributed by atoms with Crippen LogP contribution in [0.25, 0.3) is 88.0 Å². The molecule has 0 N–H and O–H groups in total. The van der Waals surface area contributed by atoms with Crippen LogP contribution in [0.4, 0.5) is 0 Å². The Morgan fingerprint density at radius 1 is 0.600 bits per heavy atom. The van der Waals surface area contributed by atoms with Crippen molar-refractivity contribution < 1.29 is 36.1 Å². The van der Waals surface area contributed by atoms with Crippen LogP contribution in [-0.4, -0.2) is 36.1 Å².